The van der Waals surface area contributed by atoms with Gasteiger partial charge in [0.1, 0.15) is 11.3 Å². The average Bonchev–Trinajstić information content (AvgIpc) is 3.37. The number of benzene rings is 1. The van der Waals surface area contributed by atoms with Crippen LogP contribution >= 0.6 is 11.8 Å². The van der Waals surface area contributed by atoms with Crippen LogP contribution in [0.15, 0.2) is 35.6 Å². The Morgan fingerprint density at radius 3 is 2.42 bits per heavy atom. The van der Waals surface area contributed by atoms with E-state index in [1.54, 1.807) is 0 Å². The van der Waals surface area contributed by atoms with Crippen LogP contribution in [0.2, 0.25) is 0 Å². The molecule has 0 unspecified atom stereocenters. The number of ether oxygens (including phenoxy) is 2. The Morgan fingerprint density at radius 2 is 1.77 bits per heavy atom. The maximum atomic E-state index is 12.4. The number of thioether (sulfide) groups is 1. The maximum absolute atomic E-state index is 12.4. The van der Waals surface area contributed by atoms with Crippen molar-refractivity contribution in [3.8, 4) is 23.0 Å². The molecule has 1 aromatic carbocycles. The van der Waals surface area contributed by atoms with Crippen molar-refractivity contribution in [2.24, 2.45) is 0 Å². The highest BCUT2D eigenvalue weighted by Gasteiger charge is 2.20. The SMILES string of the molecule is CCOc1ccc(NC(=O)CSc2nnc(-c3cn(CC)nc3OCC)n2CC)cc1. The lowest BCUT2D eigenvalue weighted by atomic mass is 10.3. The topological polar surface area (TPSA) is 96.1 Å². The van der Waals surface area contributed by atoms with E-state index in [4.69, 9.17) is 9.47 Å². The molecule has 3 aromatic rings. The quantitative estimate of drug-likeness (QED) is 0.450. The molecular weight excluding hydrogens is 416 g/mol. The summed E-state index contributed by atoms with van der Waals surface area (Å²) in [6.45, 7) is 10.4. The lowest BCUT2D eigenvalue weighted by Crippen LogP contribution is -2.14. The van der Waals surface area contributed by atoms with E-state index in [9.17, 15) is 4.79 Å². The highest BCUT2D eigenvalue weighted by atomic mass is 32.2. The number of carbonyl (C=O) groups is 1. The Bertz CT molecular complexity index is 999. The van der Waals surface area contributed by atoms with Crippen molar-refractivity contribution < 1.29 is 14.3 Å². The highest BCUT2D eigenvalue weighted by Crippen LogP contribution is 2.30. The van der Waals surface area contributed by atoms with E-state index in [2.05, 4.69) is 20.6 Å². The summed E-state index contributed by atoms with van der Waals surface area (Å²) in [6.07, 6.45) is 1.91. The van der Waals surface area contributed by atoms with Crippen LogP contribution in [0.25, 0.3) is 11.4 Å². The Hall–Kier alpha value is -3.01. The van der Waals surface area contributed by atoms with Gasteiger partial charge in [-0.25, -0.2) is 0 Å². The second kappa shape index (κ2) is 10.9. The third-order valence-corrected chi connectivity index (χ3v) is 5.36. The van der Waals surface area contributed by atoms with Gasteiger partial charge >= 0.3 is 0 Å². The Morgan fingerprint density at radius 1 is 1.03 bits per heavy atom. The number of carbonyl (C=O) groups excluding carboxylic acids is 1. The van der Waals surface area contributed by atoms with Gasteiger partial charge in [0.05, 0.1) is 19.0 Å². The van der Waals surface area contributed by atoms with Gasteiger partial charge in [0.25, 0.3) is 0 Å². The summed E-state index contributed by atoms with van der Waals surface area (Å²) in [5.41, 5.74) is 1.52. The van der Waals surface area contributed by atoms with Gasteiger partial charge in [-0.3, -0.25) is 9.48 Å². The molecule has 0 atom stereocenters. The molecule has 0 bridgehead atoms. The molecule has 0 aliphatic rings. The number of aryl methyl sites for hydroxylation is 1. The van der Waals surface area contributed by atoms with Crippen molar-refractivity contribution in [3.05, 3.63) is 30.5 Å². The molecule has 0 aliphatic carbocycles. The van der Waals surface area contributed by atoms with Crippen LogP contribution in [0, 0.1) is 0 Å². The van der Waals surface area contributed by atoms with Gasteiger partial charge in [0.2, 0.25) is 11.8 Å². The molecule has 2 heterocycles. The molecule has 0 fully saturated rings. The van der Waals surface area contributed by atoms with Crippen LogP contribution < -0.4 is 14.8 Å². The Kier molecular flexibility index (Phi) is 7.94. The predicted octanol–water partition coefficient (Wildman–Crippen LogP) is 3.71. The molecule has 9 nitrogen and oxygen atoms in total. The molecule has 0 radical (unpaired) electrons. The first-order chi connectivity index (χ1) is 15.1. The molecule has 1 amide bonds. The minimum Gasteiger partial charge on any atom is -0.494 e. The van der Waals surface area contributed by atoms with E-state index in [0.29, 0.717) is 36.6 Å². The average molecular weight is 445 g/mol. The number of rotatable bonds is 11. The third kappa shape index (κ3) is 5.57. The fourth-order valence-corrected chi connectivity index (χ4v) is 3.77. The standard InChI is InChI=1S/C21H28N6O3S/c1-5-26-13-17(20(25-26)30-8-4)19-23-24-21(27(19)6-2)31-14-18(28)22-15-9-11-16(12-10-15)29-7-3/h9-13H,5-8,14H2,1-4H3,(H,22,28). The van der Waals surface area contributed by atoms with E-state index >= 15 is 0 Å². The van der Waals surface area contributed by atoms with E-state index in [1.165, 1.54) is 11.8 Å². The van der Waals surface area contributed by atoms with Crippen molar-refractivity contribution in [2.75, 3.05) is 24.3 Å². The summed E-state index contributed by atoms with van der Waals surface area (Å²) < 4.78 is 14.9. The van der Waals surface area contributed by atoms with Crippen LogP contribution in [-0.4, -0.2) is 49.4 Å². The number of amides is 1. The highest BCUT2D eigenvalue weighted by molar-refractivity contribution is 7.99. The van der Waals surface area contributed by atoms with Gasteiger partial charge in [-0.1, -0.05) is 11.8 Å². The number of nitrogens with zero attached hydrogens (tertiary/aromatic N) is 5. The molecule has 0 saturated carbocycles. The van der Waals surface area contributed by atoms with E-state index in [1.807, 2.05) is 67.4 Å². The zero-order chi connectivity index (χ0) is 22.2. The fraction of sp³-hybridized carbons (Fsp3) is 0.429. The molecule has 0 aliphatic heterocycles. The molecular formula is C21H28N6O3S. The summed E-state index contributed by atoms with van der Waals surface area (Å²) >= 11 is 1.34. The minimum atomic E-state index is -0.116. The van der Waals surface area contributed by atoms with E-state index in [0.717, 1.165) is 23.5 Å². The van der Waals surface area contributed by atoms with Gasteiger partial charge in [0.15, 0.2) is 11.0 Å². The van der Waals surface area contributed by atoms with Crippen LogP contribution in [0.4, 0.5) is 5.69 Å². The second-order valence-electron chi connectivity index (χ2n) is 6.48. The number of hydrogen-bond donors (Lipinski definition) is 1. The maximum Gasteiger partial charge on any atom is 0.243 e. The fourth-order valence-electron chi connectivity index (χ4n) is 2.97. The normalized spacial score (nSPS) is 10.8. The van der Waals surface area contributed by atoms with Gasteiger partial charge in [-0.2, -0.15) is 0 Å². The Labute approximate surface area is 186 Å². The van der Waals surface area contributed by atoms with Crippen molar-refractivity contribution in [1.82, 2.24) is 24.5 Å². The van der Waals surface area contributed by atoms with Crippen LogP contribution in [0.1, 0.15) is 27.7 Å². The second-order valence-corrected chi connectivity index (χ2v) is 7.42. The first kappa shape index (κ1) is 22.7. The molecule has 2 aromatic heterocycles. The number of nitrogens with one attached hydrogen (secondary N) is 1. The zero-order valence-electron chi connectivity index (χ0n) is 18.3. The van der Waals surface area contributed by atoms with Crippen molar-refractivity contribution in [3.63, 3.8) is 0 Å². The van der Waals surface area contributed by atoms with Crippen LogP contribution in [-0.2, 0) is 17.9 Å². The predicted molar refractivity (Wildman–Crippen MR) is 121 cm³/mol. The molecule has 0 spiro atoms. The molecule has 31 heavy (non-hydrogen) atoms. The minimum absolute atomic E-state index is 0.116. The van der Waals surface area contributed by atoms with Crippen LogP contribution in [0.5, 0.6) is 11.6 Å². The van der Waals surface area contributed by atoms with Crippen molar-refractivity contribution in [2.45, 2.75) is 45.9 Å². The molecule has 1 N–H and O–H groups in total. The molecule has 10 heteroatoms. The summed E-state index contributed by atoms with van der Waals surface area (Å²) in [7, 11) is 0. The van der Waals surface area contributed by atoms with Crippen LogP contribution in [0.3, 0.4) is 0 Å². The Balaban J connectivity index is 1.68. The van der Waals surface area contributed by atoms with Gasteiger partial charge in [0, 0.05) is 25.0 Å². The lowest BCUT2D eigenvalue weighted by molar-refractivity contribution is -0.113. The van der Waals surface area contributed by atoms with E-state index in [-0.39, 0.29) is 11.7 Å². The zero-order valence-corrected chi connectivity index (χ0v) is 19.1. The molecule has 0 saturated heterocycles. The summed E-state index contributed by atoms with van der Waals surface area (Å²) in [5, 5.41) is 16.7. The van der Waals surface area contributed by atoms with E-state index < -0.39 is 0 Å². The smallest absolute Gasteiger partial charge is 0.243 e. The summed E-state index contributed by atoms with van der Waals surface area (Å²) in [5.74, 6) is 2.10. The first-order valence-corrected chi connectivity index (χ1v) is 11.4. The van der Waals surface area contributed by atoms with Gasteiger partial charge in [-0.15, -0.1) is 15.3 Å². The number of hydrogen-bond acceptors (Lipinski definition) is 7. The van der Waals surface area contributed by atoms with Crippen molar-refractivity contribution in [1.29, 1.82) is 0 Å². The molecule has 166 valence electrons. The van der Waals surface area contributed by atoms with Crippen molar-refractivity contribution >= 4 is 23.4 Å². The third-order valence-electron chi connectivity index (χ3n) is 4.39. The van der Waals surface area contributed by atoms with Gasteiger partial charge in [-0.05, 0) is 52.0 Å². The number of anilines is 1. The number of aromatic nitrogens is 5. The monoisotopic (exact) mass is 444 g/mol. The first-order valence-electron chi connectivity index (χ1n) is 10.4. The lowest BCUT2D eigenvalue weighted by Gasteiger charge is -2.08. The van der Waals surface area contributed by atoms with Gasteiger partial charge < -0.3 is 19.4 Å². The largest absolute Gasteiger partial charge is 0.494 e. The molecule has 3 rings (SSSR count). The summed E-state index contributed by atoms with van der Waals surface area (Å²) in [4.78, 5) is 12.4. The summed E-state index contributed by atoms with van der Waals surface area (Å²) in [6, 6.07) is 7.30.